The van der Waals surface area contributed by atoms with Gasteiger partial charge in [0.25, 0.3) is 11.8 Å². The van der Waals surface area contributed by atoms with E-state index in [9.17, 15) is 9.59 Å². The van der Waals surface area contributed by atoms with E-state index in [-0.39, 0.29) is 23.9 Å². The highest BCUT2D eigenvalue weighted by atomic mass is 16.5. The maximum atomic E-state index is 12.9. The summed E-state index contributed by atoms with van der Waals surface area (Å²) < 4.78 is 11.1. The molecule has 1 fully saturated rings. The van der Waals surface area contributed by atoms with Crippen molar-refractivity contribution in [3.05, 3.63) is 59.7 Å². The summed E-state index contributed by atoms with van der Waals surface area (Å²) in [5, 5.41) is 2.86. The highest BCUT2D eigenvalue weighted by Crippen LogP contribution is 2.23. The van der Waals surface area contributed by atoms with Crippen molar-refractivity contribution in [2.45, 2.75) is 38.8 Å². The van der Waals surface area contributed by atoms with Crippen LogP contribution < -0.4 is 14.8 Å². The van der Waals surface area contributed by atoms with Crippen molar-refractivity contribution in [2.75, 3.05) is 20.3 Å². The fourth-order valence-corrected chi connectivity index (χ4v) is 3.42. The molecular weight excluding hydrogens is 368 g/mol. The normalized spacial score (nSPS) is 16.0. The number of methoxy groups -OCH3 is 1. The lowest BCUT2D eigenvalue weighted by Crippen LogP contribution is -2.39. The number of ether oxygens (including phenoxy) is 2. The third-order valence-electron chi connectivity index (χ3n) is 4.95. The van der Waals surface area contributed by atoms with Gasteiger partial charge in [-0.15, -0.1) is 0 Å². The number of carbonyl (C=O) groups is 2. The van der Waals surface area contributed by atoms with E-state index >= 15 is 0 Å². The van der Waals surface area contributed by atoms with Crippen molar-refractivity contribution in [3.63, 3.8) is 0 Å². The van der Waals surface area contributed by atoms with E-state index in [2.05, 4.69) is 5.32 Å². The van der Waals surface area contributed by atoms with Gasteiger partial charge in [-0.3, -0.25) is 9.59 Å². The summed E-state index contributed by atoms with van der Waals surface area (Å²) in [5.74, 6) is 1.33. The Morgan fingerprint density at radius 1 is 1.03 bits per heavy atom. The van der Waals surface area contributed by atoms with Gasteiger partial charge in [-0.25, -0.2) is 0 Å². The van der Waals surface area contributed by atoms with Gasteiger partial charge in [0.1, 0.15) is 18.1 Å². The van der Waals surface area contributed by atoms with Crippen LogP contribution in [0, 0.1) is 0 Å². The average Bonchev–Trinajstić information content (AvgIpc) is 3.20. The maximum absolute atomic E-state index is 12.9. The van der Waals surface area contributed by atoms with Crippen molar-refractivity contribution in [3.8, 4) is 11.5 Å². The lowest BCUT2D eigenvalue weighted by Gasteiger charge is -2.25. The van der Waals surface area contributed by atoms with Crippen LogP contribution in [-0.2, 0) is 0 Å². The smallest absolute Gasteiger partial charge is 0.254 e. The molecule has 6 nitrogen and oxygen atoms in total. The van der Waals surface area contributed by atoms with Gasteiger partial charge in [0.15, 0.2) is 0 Å². The van der Waals surface area contributed by atoms with Crippen LogP contribution in [0.5, 0.6) is 11.5 Å². The lowest BCUT2D eigenvalue weighted by molar-refractivity contribution is 0.0691. The molecule has 1 heterocycles. The Labute approximate surface area is 171 Å². The predicted octanol–water partition coefficient (Wildman–Crippen LogP) is 3.52. The minimum Gasteiger partial charge on any atom is -0.497 e. The van der Waals surface area contributed by atoms with Gasteiger partial charge in [0, 0.05) is 23.7 Å². The summed E-state index contributed by atoms with van der Waals surface area (Å²) >= 11 is 0. The molecule has 0 aliphatic carbocycles. The van der Waals surface area contributed by atoms with E-state index < -0.39 is 0 Å². The molecule has 1 N–H and O–H groups in total. The number of amides is 2. The van der Waals surface area contributed by atoms with Crippen LogP contribution in [0.25, 0.3) is 0 Å². The van der Waals surface area contributed by atoms with Crippen LogP contribution in [0.1, 0.15) is 47.4 Å². The molecule has 1 aliphatic rings. The first kappa shape index (κ1) is 20.7. The molecule has 3 rings (SSSR count). The van der Waals surface area contributed by atoms with Crippen LogP contribution in [-0.4, -0.2) is 49.1 Å². The number of hydrogen-bond acceptors (Lipinski definition) is 4. The minimum absolute atomic E-state index is 0.0134. The number of hydrogen-bond donors (Lipinski definition) is 1. The number of nitrogens with zero attached hydrogens (tertiary/aromatic N) is 1. The van der Waals surface area contributed by atoms with Crippen molar-refractivity contribution in [2.24, 2.45) is 0 Å². The van der Waals surface area contributed by atoms with Crippen molar-refractivity contribution < 1.29 is 19.1 Å². The Balaban J connectivity index is 1.58. The van der Waals surface area contributed by atoms with Crippen molar-refractivity contribution in [1.82, 2.24) is 10.2 Å². The van der Waals surface area contributed by atoms with Gasteiger partial charge in [0.05, 0.1) is 13.2 Å². The SMILES string of the molecule is COc1ccc(C(=O)N2CCC[C@@H]2COc2ccc(C(=O)NC(C)C)cc2)cc1. The Hall–Kier alpha value is -3.02. The second-order valence-corrected chi connectivity index (χ2v) is 7.49. The number of nitrogens with one attached hydrogen (secondary N) is 1. The molecule has 0 saturated carbocycles. The van der Waals surface area contributed by atoms with E-state index in [1.54, 1.807) is 55.6 Å². The fraction of sp³-hybridized carbons (Fsp3) is 0.391. The first-order valence-corrected chi connectivity index (χ1v) is 9.96. The molecule has 2 amide bonds. The predicted molar refractivity (Wildman–Crippen MR) is 112 cm³/mol. The van der Waals surface area contributed by atoms with E-state index in [1.165, 1.54) is 0 Å². The standard InChI is InChI=1S/C23H28N2O4/c1-16(2)24-22(26)17-6-12-21(13-7-17)29-15-19-5-4-14-25(19)23(27)18-8-10-20(28-3)11-9-18/h6-13,16,19H,4-5,14-15H2,1-3H3,(H,24,26)/t19-/m1/s1. The molecule has 2 aromatic carbocycles. The molecule has 1 atom stereocenters. The van der Waals surface area contributed by atoms with Crippen LogP contribution in [0.2, 0.25) is 0 Å². The molecule has 0 unspecified atom stereocenters. The molecular formula is C23H28N2O4. The summed E-state index contributed by atoms with van der Waals surface area (Å²) in [6.07, 6.45) is 1.88. The third kappa shape index (κ3) is 5.28. The van der Waals surface area contributed by atoms with Crippen LogP contribution in [0.15, 0.2) is 48.5 Å². The molecule has 0 spiro atoms. The molecule has 6 heteroatoms. The van der Waals surface area contributed by atoms with Gasteiger partial charge < -0.3 is 19.7 Å². The van der Waals surface area contributed by atoms with E-state index in [1.807, 2.05) is 18.7 Å². The Kier molecular flexibility index (Phi) is 6.75. The summed E-state index contributed by atoms with van der Waals surface area (Å²) in [5.41, 5.74) is 1.25. The van der Waals surface area contributed by atoms with Crippen molar-refractivity contribution >= 4 is 11.8 Å². The summed E-state index contributed by atoms with van der Waals surface area (Å²) in [6.45, 7) is 5.01. The van der Waals surface area contributed by atoms with Gasteiger partial charge >= 0.3 is 0 Å². The van der Waals surface area contributed by atoms with E-state index in [0.717, 1.165) is 25.1 Å². The number of likely N-dealkylation sites (tertiary alicyclic amines) is 1. The largest absolute Gasteiger partial charge is 0.497 e. The molecule has 1 saturated heterocycles. The van der Waals surface area contributed by atoms with Gasteiger partial charge in [-0.2, -0.15) is 0 Å². The first-order valence-electron chi connectivity index (χ1n) is 9.96. The van der Waals surface area contributed by atoms with Crippen LogP contribution in [0.3, 0.4) is 0 Å². The van der Waals surface area contributed by atoms with Crippen molar-refractivity contribution in [1.29, 1.82) is 0 Å². The average molecular weight is 396 g/mol. The highest BCUT2D eigenvalue weighted by molar-refractivity contribution is 5.95. The summed E-state index contributed by atoms with van der Waals surface area (Å²) in [6, 6.07) is 14.4. The second-order valence-electron chi connectivity index (χ2n) is 7.49. The first-order chi connectivity index (χ1) is 14.0. The van der Waals surface area contributed by atoms with Gasteiger partial charge in [0.2, 0.25) is 0 Å². The Bertz CT molecular complexity index is 831. The Morgan fingerprint density at radius 2 is 1.66 bits per heavy atom. The van der Waals surface area contributed by atoms with Gasteiger partial charge in [-0.05, 0) is 75.2 Å². The maximum Gasteiger partial charge on any atom is 0.254 e. The minimum atomic E-state index is -0.0985. The molecule has 0 radical (unpaired) electrons. The zero-order valence-corrected chi connectivity index (χ0v) is 17.2. The second kappa shape index (κ2) is 9.45. The summed E-state index contributed by atoms with van der Waals surface area (Å²) in [4.78, 5) is 26.8. The molecule has 1 aliphatic heterocycles. The zero-order valence-electron chi connectivity index (χ0n) is 17.2. The molecule has 0 aromatic heterocycles. The lowest BCUT2D eigenvalue weighted by atomic mass is 10.1. The molecule has 29 heavy (non-hydrogen) atoms. The monoisotopic (exact) mass is 396 g/mol. The third-order valence-corrected chi connectivity index (χ3v) is 4.95. The van der Waals surface area contributed by atoms with E-state index in [4.69, 9.17) is 9.47 Å². The van der Waals surface area contributed by atoms with Gasteiger partial charge in [-0.1, -0.05) is 0 Å². The number of rotatable bonds is 7. The Morgan fingerprint density at radius 3 is 2.28 bits per heavy atom. The fourth-order valence-electron chi connectivity index (χ4n) is 3.42. The zero-order chi connectivity index (χ0) is 20.8. The summed E-state index contributed by atoms with van der Waals surface area (Å²) in [7, 11) is 1.61. The quantitative estimate of drug-likeness (QED) is 0.778. The molecule has 2 aromatic rings. The molecule has 0 bridgehead atoms. The molecule has 154 valence electrons. The van der Waals surface area contributed by atoms with Crippen LogP contribution >= 0.6 is 0 Å². The number of carbonyl (C=O) groups excluding carboxylic acids is 2. The van der Waals surface area contributed by atoms with E-state index in [0.29, 0.717) is 23.5 Å². The van der Waals surface area contributed by atoms with Crippen LogP contribution in [0.4, 0.5) is 0 Å². The number of benzene rings is 2. The highest BCUT2D eigenvalue weighted by Gasteiger charge is 2.30. The topological polar surface area (TPSA) is 67.9 Å².